The SMILES string of the molecule is COc1ccc(N2C[C@@H](NC(=O)c3ccc(Br)o3)CC2=O)cc1OC. The number of benzene rings is 1. The number of carbonyl (C=O) groups excluding carboxylic acids is 2. The third-order valence-electron chi connectivity index (χ3n) is 3.94. The number of hydrogen-bond acceptors (Lipinski definition) is 5. The molecule has 2 aromatic rings. The largest absolute Gasteiger partial charge is 0.493 e. The Labute approximate surface area is 153 Å². The summed E-state index contributed by atoms with van der Waals surface area (Å²) in [5.74, 6) is 0.909. The van der Waals surface area contributed by atoms with E-state index in [1.54, 1.807) is 42.3 Å². The normalized spacial score (nSPS) is 16.8. The molecule has 1 atom stereocenters. The van der Waals surface area contributed by atoms with Crippen molar-refractivity contribution in [2.24, 2.45) is 0 Å². The van der Waals surface area contributed by atoms with Gasteiger partial charge in [-0.05, 0) is 40.2 Å². The van der Waals surface area contributed by atoms with Gasteiger partial charge in [0, 0.05) is 24.7 Å². The van der Waals surface area contributed by atoms with E-state index in [1.807, 2.05) is 0 Å². The summed E-state index contributed by atoms with van der Waals surface area (Å²) in [4.78, 5) is 26.1. The van der Waals surface area contributed by atoms with Crippen LogP contribution in [0.2, 0.25) is 0 Å². The maximum absolute atomic E-state index is 12.3. The Kier molecular flexibility index (Phi) is 4.98. The van der Waals surface area contributed by atoms with Gasteiger partial charge < -0.3 is 24.1 Å². The number of nitrogens with zero attached hydrogens (tertiary/aromatic N) is 1. The molecule has 2 heterocycles. The molecule has 25 heavy (non-hydrogen) atoms. The molecule has 1 aromatic carbocycles. The van der Waals surface area contributed by atoms with Gasteiger partial charge in [0.25, 0.3) is 5.91 Å². The molecule has 0 spiro atoms. The van der Waals surface area contributed by atoms with Crippen molar-refractivity contribution in [1.29, 1.82) is 0 Å². The number of hydrogen-bond donors (Lipinski definition) is 1. The summed E-state index contributed by atoms with van der Waals surface area (Å²) in [5.41, 5.74) is 0.695. The van der Waals surface area contributed by atoms with Crippen molar-refractivity contribution in [3.05, 3.63) is 40.8 Å². The Morgan fingerprint density at radius 3 is 2.64 bits per heavy atom. The van der Waals surface area contributed by atoms with Crippen LogP contribution in [-0.4, -0.2) is 38.6 Å². The summed E-state index contributed by atoms with van der Waals surface area (Å²) < 4.78 is 16.2. The van der Waals surface area contributed by atoms with Crippen molar-refractivity contribution in [1.82, 2.24) is 5.32 Å². The van der Waals surface area contributed by atoms with E-state index < -0.39 is 0 Å². The molecule has 2 amide bonds. The maximum atomic E-state index is 12.3. The van der Waals surface area contributed by atoms with Crippen LogP contribution >= 0.6 is 15.9 Å². The van der Waals surface area contributed by atoms with E-state index in [1.165, 1.54) is 7.11 Å². The molecule has 1 aliphatic heterocycles. The van der Waals surface area contributed by atoms with E-state index in [0.717, 1.165) is 0 Å². The van der Waals surface area contributed by atoms with Crippen LogP contribution in [0.25, 0.3) is 0 Å². The average molecular weight is 409 g/mol. The molecule has 3 rings (SSSR count). The number of furan rings is 1. The van der Waals surface area contributed by atoms with Crippen LogP contribution in [0.4, 0.5) is 5.69 Å². The van der Waals surface area contributed by atoms with Crippen molar-refractivity contribution in [3.8, 4) is 11.5 Å². The van der Waals surface area contributed by atoms with Crippen molar-refractivity contribution < 1.29 is 23.5 Å². The number of anilines is 1. The number of ether oxygens (including phenoxy) is 2. The summed E-state index contributed by atoms with van der Waals surface area (Å²) in [6, 6.07) is 8.19. The zero-order chi connectivity index (χ0) is 18.0. The molecule has 1 fully saturated rings. The number of carbonyl (C=O) groups is 2. The van der Waals surface area contributed by atoms with Crippen molar-refractivity contribution in [2.75, 3.05) is 25.7 Å². The lowest BCUT2D eigenvalue weighted by molar-refractivity contribution is -0.117. The van der Waals surface area contributed by atoms with E-state index in [2.05, 4.69) is 21.2 Å². The minimum Gasteiger partial charge on any atom is -0.493 e. The molecule has 0 saturated carbocycles. The predicted octanol–water partition coefficient (Wildman–Crippen LogP) is 2.59. The minimum atomic E-state index is -0.349. The zero-order valence-electron chi connectivity index (χ0n) is 13.7. The molecule has 1 aromatic heterocycles. The third-order valence-corrected chi connectivity index (χ3v) is 4.36. The first-order chi connectivity index (χ1) is 12.0. The maximum Gasteiger partial charge on any atom is 0.287 e. The Balaban J connectivity index is 1.71. The molecule has 132 valence electrons. The third kappa shape index (κ3) is 3.63. The van der Waals surface area contributed by atoms with E-state index >= 15 is 0 Å². The monoisotopic (exact) mass is 408 g/mol. The summed E-state index contributed by atoms with van der Waals surface area (Å²) in [6.07, 6.45) is 0.224. The molecule has 1 N–H and O–H groups in total. The number of rotatable bonds is 5. The van der Waals surface area contributed by atoms with Gasteiger partial charge in [0.1, 0.15) is 0 Å². The zero-order valence-corrected chi connectivity index (χ0v) is 15.3. The lowest BCUT2D eigenvalue weighted by Gasteiger charge is -2.18. The van der Waals surface area contributed by atoms with Crippen molar-refractivity contribution in [3.63, 3.8) is 0 Å². The Morgan fingerprint density at radius 2 is 2.00 bits per heavy atom. The van der Waals surface area contributed by atoms with Gasteiger partial charge in [-0.15, -0.1) is 0 Å². The highest BCUT2D eigenvalue weighted by atomic mass is 79.9. The lowest BCUT2D eigenvalue weighted by Crippen LogP contribution is -2.37. The number of nitrogens with one attached hydrogen (secondary N) is 1. The molecular weight excluding hydrogens is 392 g/mol. The molecule has 1 aliphatic rings. The number of halogens is 1. The Bertz CT molecular complexity index is 804. The van der Waals surface area contributed by atoms with Crippen LogP contribution in [0, 0.1) is 0 Å². The molecule has 7 nitrogen and oxygen atoms in total. The van der Waals surface area contributed by atoms with Crippen LogP contribution in [0.3, 0.4) is 0 Å². The Morgan fingerprint density at radius 1 is 1.24 bits per heavy atom. The smallest absolute Gasteiger partial charge is 0.287 e. The Hall–Kier alpha value is -2.48. The van der Waals surface area contributed by atoms with E-state index in [-0.39, 0.29) is 30.0 Å². The highest BCUT2D eigenvalue weighted by Gasteiger charge is 2.32. The van der Waals surface area contributed by atoms with Gasteiger partial charge in [0.05, 0.1) is 20.3 Å². The second-order valence-electron chi connectivity index (χ2n) is 5.52. The van der Waals surface area contributed by atoms with Crippen LogP contribution in [-0.2, 0) is 4.79 Å². The van der Waals surface area contributed by atoms with Gasteiger partial charge in [0.2, 0.25) is 5.91 Å². The van der Waals surface area contributed by atoms with Crippen LogP contribution in [0.1, 0.15) is 17.0 Å². The fraction of sp³-hybridized carbons (Fsp3) is 0.294. The molecule has 0 bridgehead atoms. The van der Waals surface area contributed by atoms with Crippen molar-refractivity contribution in [2.45, 2.75) is 12.5 Å². The van der Waals surface area contributed by atoms with Gasteiger partial charge >= 0.3 is 0 Å². The fourth-order valence-corrected chi connectivity index (χ4v) is 3.05. The molecule has 0 unspecified atom stereocenters. The van der Waals surface area contributed by atoms with Gasteiger partial charge in [0.15, 0.2) is 21.9 Å². The standard InChI is InChI=1S/C17H17BrN2O5/c1-23-12-4-3-11(8-14(12)24-2)20-9-10(7-16(20)21)19-17(22)13-5-6-15(18)25-13/h3-6,8,10H,7,9H2,1-2H3,(H,19,22)/t10-/m0/s1. The second-order valence-corrected chi connectivity index (χ2v) is 6.30. The first-order valence-corrected chi connectivity index (χ1v) is 8.39. The summed E-state index contributed by atoms with van der Waals surface area (Å²) in [5, 5.41) is 2.82. The summed E-state index contributed by atoms with van der Waals surface area (Å²) in [7, 11) is 3.09. The van der Waals surface area contributed by atoms with E-state index in [0.29, 0.717) is 28.4 Å². The minimum absolute atomic E-state index is 0.0712. The molecule has 0 radical (unpaired) electrons. The quantitative estimate of drug-likeness (QED) is 0.821. The molecule has 8 heteroatoms. The highest BCUT2D eigenvalue weighted by Crippen LogP contribution is 2.33. The van der Waals surface area contributed by atoms with Crippen LogP contribution in [0.15, 0.2) is 39.4 Å². The van der Waals surface area contributed by atoms with Gasteiger partial charge in [-0.2, -0.15) is 0 Å². The summed E-state index contributed by atoms with van der Waals surface area (Å²) in [6.45, 7) is 0.377. The molecule has 0 aliphatic carbocycles. The van der Waals surface area contributed by atoms with Crippen LogP contribution in [0.5, 0.6) is 11.5 Å². The van der Waals surface area contributed by atoms with Crippen molar-refractivity contribution >= 4 is 33.4 Å². The lowest BCUT2D eigenvalue weighted by atomic mass is 10.2. The summed E-state index contributed by atoms with van der Waals surface area (Å²) >= 11 is 3.16. The second kappa shape index (κ2) is 7.18. The van der Waals surface area contributed by atoms with Crippen LogP contribution < -0.4 is 19.7 Å². The molecule has 1 saturated heterocycles. The first-order valence-electron chi connectivity index (χ1n) is 7.60. The molecular formula is C17H17BrN2O5. The van der Waals surface area contributed by atoms with E-state index in [4.69, 9.17) is 13.9 Å². The first kappa shape index (κ1) is 17.3. The van der Waals surface area contributed by atoms with E-state index in [9.17, 15) is 9.59 Å². The number of amides is 2. The average Bonchev–Trinajstić information content (AvgIpc) is 3.20. The predicted molar refractivity (Wildman–Crippen MR) is 94.2 cm³/mol. The topological polar surface area (TPSA) is 81.0 Å². The highest BCUT2D eigenvalue weighted by molar-refractivity contribution is 9.10. The van der Waals surface area contributed by atoms with Gasteiger partial charge in [-0.3, -0.25) is 9.59 Å². The van der Waals surface area contributed by atoms with Gasteiger partial charge in [-0.1, -0.05) is 0 Å². The van der Waals surface area contributed by atoms with Gasteiger partial charge in [-0.25, -0.2) is 0 Å². The number of methoxy groups -OCH3 is 2. The fourth-order valence-electron chi connectivity index (χ4n) is 2.74.